The lowest BCUT2D eigenvalue weighted by Crippen LogP contribution is -1.94. The number of hydrogen-bond acceptors (Lipinski definition) is 1. The van der Waals surface area contributed by atoms with Crippen molar-refractivity contribution in [3.63, 3.8) is 0 Å². The van der Waals surface area contributed by atoms with Crippen LogP contribution >= 0.6 is 43.5 Å². The Morgan fingerprint density at radius 3 is 2.75 bits per heavy atom. The van der Waals surface area contributed by atoms with Crippen LogP contribution in [0.1, 0.15) is 16.0 Å². The van der Waals surface area contributed by atoms with Crippen LogP contribution in [-0.2, 0) is 6.42 Å². The molecule has 0 aliphatic rings. The molecule has 0 spiro atoms. The third kappa shape index (κ3) is 2.90. The zero-order valence-corrected chi connectivity index (χ0v) is 12.2. The molecule has 1 unspecified atom stereocenters. The summed E-state index contributed by atoms with van der Waals surface area (Å²) in [5, 5.41) is 0.767. The van der Waals surface area contributed by atoms with Crippen molar-refractivity contribution in [2.24, 2.45) is 0 Å². The van der Waals surface area contributed by atoms with Gasteiger partial charge >= 0.3 is 0 Å². The van der Waals surface area contributed by atoms with Crippen LogP contribution in [0.4, 0.5) is 0 Å². The Kier molecular flexibility index (Phi) is 4.11. The van der Waals surface area contributed by atoms with E-state index in [1.807, 2.05) is 24.3 Å². The molecule has 1 nitrogen and oxygen atoms in total. The molecule has 0 saturated heterocycles. The zero-order chi connectivity index (χ0) is 11.5. The van der Waals surface area contributed by atoms with Gasteiger partial charge in [0.15, 0.2) is 4.67 Å². The average Bonchev–Trinajstić information content (AvgIpc) is 2.64. The maximum Gasteiger partial charge on any atom is 0.173 e. The fourth-order valence-corrected chi connectivity index (χ4v) is 3.28. The quantitative estimate of drug-likeness (QED) is 0.667. The Hall–Kier alpha value is -0.250. The summed E-state index contributed by atoms with van der Waals surface area (Å²) in [5.41, 5.74) is 2.31. The van der Waals surface area contributed by atoms with Gasteiger partial charge in [-0.1, -0.05) is 39.7 Å². The standard InChI is InChI=1S/C12H9Br2ClO/c13-11(10-4-5-16-12(10)14)7-8-2-1-3-9(15)6-8/h1-6,11H,7H2. The molecule has 2 aromatic rings. The molecule has 1 heterocycles. The van der Waals surface area contributed by atoms with E-state index in [1.165, 1.54) is 5.56 Å². The minimum atomic E-state index is 0.221. The van der Waals surface area contributed by atoms with Gasteiger partial charge in [-0.05, 0) is 46.1 Å². The molecule has 1 atom stereocenters. The van der Waals surface area contributed by atoms with Gasteiger partial charge in [0.05, 0.1) is 6.26 Å². The molecular weight excluding hydrogens is 355 g/mol. The zero-order valence-electron chi connectivity index (χ0n) is 8.29. The van der Waals surface area contributed by atoms with E-state index in [9.17, 15) is 0 Å². The number of hydrogen-bond donors (Lipinski definition) is 0. The SMILES string of the molecule is Clc1cccc(CC(Br)c2ccoc2Br)c1. The highest BCUT2D eigenvalue weighted by molar-refractivity contribution is 9.10. The van der Waals surface area contributed by atoms with Crippen molar-refractivity contribution in [3.8, 4) is 0 Å². The first-order valence-corrected chi connectivity index (χ1v) is 6.87. The molecule has 0 aliphatic heterocycles. The van der Waals surface area contributed by atoms with Crippen LogP contribution in [0.25, 0.3) is 0 Å². The number of halogens is 3. The van der Waals surface area contributed by atoms with Crippen molar-refractivity contribution < 1.29 is 4.42 Å². The molecule has 0 fully saturated rings. The molecule has 0 saturated carbocycles. The summed E-state index contributed by atoms with van der Waals surface area (Å²) in [6.07, 6.45) is 2.55. The monoisotopic (exact) mass is 362 g/mol. The van der Waals surface area contributed by atoms with Crippen molar-refractivity contribution in [2.75, 3.05) is 0 Å². The fourth-order valence-electron chi connectivity index (χ4n) is 1.51. The molecule has 1 aromatic heterocycles. The van der Waals surface area contributed by atoms with Crippen molar-refractivity contribution in [3.05, 3.63) is 57.4 Å². The minimum absolute atomic E-state index is 0.221. The van der Waals surface area contributed by atoms with Crippen LogP contribution in [0.3, 0.4) is 0 Å². The van der Waals surface area contributed by atoms with Gasteiger partial charge in [0.25, 0.3) is 0 Å². The lowest BCUT2D eigenvalue weighted by atomic mass is 10.1. The topological polar surface area (TPSA) is 13.1 Å². The average molecular weight is 364 g/mol. The van der Waals surface area contributed by atoms with Gasteiger partial charge in [0, 0.05) is 15.4 Å². The molecule has 0 aliphatic carbocycles. The van der Waals surface area contributed by atoms with Gasteiger partial charge < -0.3 is 4.42 Å². The first-order valence-electron chi connectivity index (χ1n) is 4.78. The Morgan fingerprint density at radius 1 is 1.31 bits per heavy atom. The molecule has 4 heteroatoms. The van der Waals surface area contributed by atoms with Crippen molar-refractivity contribution in [1.29, 1.82) is 0 Å². The van der Waals surface area contributed by atoms with E-state index in [4.69, 9.17) is 16.0 Å². The van der Waals surface area contributed by atoms with E-state index in [1.54, 1.807) is 6.26 Å². The predicted octanol–water partition coefficient (Wildman–Crippen LogP) is 5.37. The van der Waals surface area contributed by atoms with E-state index in [0.717, 1.165) is 21.7 Å². The highest BCUT2D eigenvalue weighted by Gasteiger charge is 2.14. The van der Waals surface area contributed by atoms with Crippen LogP contribution in [0, 0.1) is 0 Å². The van der Waals surface area contributed by atoms with Crippen LogP contribution in [0.2, 0.25) is 5.02 Å². The Morgan fingerprint density at radius 2 is 2.12 bits per heavy atom. The van der Waals surface area contributed by atoms with Crippen molar-refractivity contribution >= 4 is 43.5 Å². The molecular formula is C12H9Br2ClO. The molecule has 16 heavy (non-hydrogen) atoms. The Balaban J connectivity index is 2.14. The highest BCUT2D eigenvalue weighted by atomic mass is 79.9. The molecule has 0 bridgehead atoms. The third-order valence-electron chi connectivity index (χ3n) is 2.29. The number of furan rings is 1. The molecule has 84 valence electrons. The number of alkyl halides is 1. The minimum Gasteiger partial charge on any atom is -0.457 e. The van der Waals surface area contributed by atoms with Crippen LogP contribution in [-0.4, -0.2) is 0 Å². The lowest BCUT2D eigenvalue weighted by Gasteiger charge is -2.08. The van der Waals surface area contributed by atoms with E-state index in [2.05, 4.69) is 37.9 Å². The lowest BCUT2D eigenvalue weighted by molar-refractivity contribution is 0.536. The highest BCUT2D eigenvalue weighted by Crippen LogP contribution is 2.33. The van der Waals surface area contributed by atoms with Crippen molar-refractivity contribution in [1.82, 2.24) is 0 Å². The maximum atomic E-state index is 5.94. The van der Waals surface area contributed by atoms with Gasteiger partial charge in [-0.15, -0.1) is 0 Å². The fraction of sp³-hybridized carbons (Fsp3) is 0.167. The van der Waals surface area contributed by atoms with Crippen LogP contribution < -0.4 is 0 Å². The first kappa shape index (κ1) is 12.2. The summed E-state index contributed by atoms with van der Waals surface area (Å²) in [6, 6.07) is 9.83. The normalized spacial score (nSPS) is 12.7. The molecule has 0 N–H and O–H groups in total. The summed E-state index contributed by atoms with van der Waals surface area (Å²) in [5.74, 6) is 0. The maximum absolute atomic E-state index is 5.94. The van der Waals surface area contributed by atoms with Gasteiger partial charge in [0.1, 0.15) is 0 Å². The van der Waals surface area contributed by atoms with Gasteiger partial charge in [-0.3, -0.25) is 0 Å². The summed E-state index contributed by atoms with van der Waals surface area (Å²) in [7, 11) is 0. The van der Waals surface area contributed by atoms with Crippen LogP contribution in [0.15, 0.2) is 45.7 Å². The predicted molar refractivity (Wildman–Crippen MR) is 73.2 cm³/mol. The molecule has 2 rings (SSSR count). The van der Waals surface area contributed by atoms with Gasteiger partial charge in [-0.25, -0.2) is 0 Å². The van der Waals surface area contributed by atoms with Crippen LogP contribution in [0.5, 0.6) is 0 Å². The summed E-state index contributed by atoms with van der Waals surface area (Å²) in [4.78, 5) is 0.221. The second-order valence-electron chi connectivity index (χ2n) is 3.45. The van der Waals surface area contributed by atoms with Gasteiger partial charge in [-0.2, -0.15) is 0 Å². The molecule has 0 radical (unpaired) electrons. The van der Waals surface area contributed by atoms with E-state index in [0.29, 0.717) is 0 Å². The second kappa shape index (κ2) is 5.39. The second-order valence-corrected chi connectivity index (χ2v) is 5.71. The van der Waals surface area contributed by atoms with E-state index >= 15 is 0 Å². The van der Waals surface area contributed by atoms with E-state index < -0.39 is 0 Å². The first-order chi connectivity index (χ1) is 7.66. The van der Waals surface area contributed by atoms with Gasteiger partial charge in [0.2, 0.25) is 0 Å². The Bertz CT molecular complexity index is 481. The van der Waals surface area contributed by atoms with E-state index in [-0.39, 0.29) is 4.83 Å². The van der Waals surface area contributed by atoms with Crippen molar-refractivity contribution in [2.45, 2.75) is 11.2 Å². The Labute approximate surface area is 116 Å². The smallest absolute Gasteiger partial charge is 0.173 e. The number of rotatable bonds is 3. The summed E-state index contributed by atoms with van der Waals surface area (Å²) >= 11 is 13.0. The molecule has 1 aromatic carbocycles. The largest absolute Gasteiger partial charge is 0.457 e. The number of benzene rings is 1. The third-order valence-corrected chi connectivity index (χ3v) is 3.98. The molecule has 0 amide bonds. The summed E-state index contributed by atoms with van der Waals surface area (Å²) in [6.45, 7) is 0. The summed E-state index contributed by atoms with van der Waals surface area (Å²) < 4.78 is 5.98.